The van der Waals surface area contributed by atoms with Crippen LogP contribution in [0, 0.1) is 0 Å². The van der Waals surface area contributed by atoms with Crippen LogP contribution in [0.5, 0.6) is 0 Å². The molecule has 2 N–H and O–H groups in total. The number of rotatable bonds is 7. The topological polar surface area (TPSA) is 29.3 Å². The number of benzene rings is 1. The van der Waals surface area contributed by atoms with Crippen molar-refractivity contribution in [2.75, 3.05) is 6.54 Å². The molecule has 1 unspecified atom stereocenters. The van der Waals surface area contributed by atoms with Gasteiger partial charge in [0, 0.05) is 25.2 Å². The number of hydrogen-bond donors (Lipinski definition) is 1. The van der Waals surface area contributed by atoms with Crippen molar-refractivity contribution in [3.8, 4) is 0 Å². The van der Waals surface area contributed by atoms with Crippen LogP contribution in [0.4, 0.5) is 0 Å². The van der Waals surface area contributed by atoms with E-state index in [4.69, 9.17) is 5.73 Å². The largest absolute Gasteiger partial charge is 0.329 e. The molecule has 0 saturated heterocycles. The van der Waals surface area contributed by atoms with Gasteiger partial charge in [-0.1, -0.05) is 31.2 Å². The summed E-state index contributed by atoms with van der Waals surface area (Å²) in [5.74, 6) is 0. The molecule has 2 nitrogen and oxygen atoms in total. The highest BCUT2D eigenvalue weighted by atomic mass is 32.1. The molecule has 3 heteroatoms. The number of thiophene rings is 1. The summed E-state index contributed by atoms with van der Waals surface area (Å²) in [5, 5.41) is 4.42. The minimum absolute atomic E-state index is 0.341. The van der Waals surface area contributed by atoms with Gasteiger partial charge < -0.3 is 5.73 Å². The van der Waals surface area contributed by atoms with E-state index >= 15 is 0 Å². The molecule has 1 aliphatic carbocycles. The normalized spacial score (nSPS) is 16.3. The van der Waals surface area contributed by atoms with Crippen molar-refractivity contribution in [3.63, 3.8) is 0 Å². The summed E-state index contributed by atoms with van der Waals surface area (Å²) in [5.41, 5.74) is 10.5. The van der Waals surface area contributed by atoms with Crippen LogP contribution in [-0.4, -0.2) is 17.5 Å². The third kappa shape index (κ3) is 3.37. The van der Waals surface area contributed by atoms with Crippen LogP contribution in [0.2, 0.25) is 0 Å². The zero-order valence-corrected chi connectivity index (χ0v) is 13.5. The van der Waals surface area contributed by atoms with Crippen LogP contribution < -0.4 is 5.73 Å². The third-order valence-electron chi connectivity index (χ3n) is 4.38. The Labute approximate surface area is 131 Å². The quantitative estimate of drug-likeness (QED) is 0.838. The van der Waals surface area contributed by atoms with Gasteiger partial charge in [0.2, 0.25) is 0 Å². The second kappa shape index (κ2) is 6.73. The minimum Gasteiger partial charge on any atom is -0.329 e. The summed E-state index contributed by atoms with van der Waals surface area (Å²) in [6, 6.07) is 12.1. The van der Waals surface area contributed by atoms with E-state index in [1.807, 2.05) is 0 Å². The maximum atomic E-state index is 6.18. The van der Waals surface area contributed by atoms with Crippen molar-refractivity contribution in [2.24, 2.45) is 5.73 Å². The number of nitrogens with zero attached hydrogens (tertiary/aromatic N) is 1. The smallest absolute Gasteiger partial charge is 0.0479 e. The van der Waals surface area contributed by atoms with E-state index in [1.165, 1.54) is 29.5 Å². The molecule has 0 aliphatic heterocycles. The first-order valence-corrected chi connectivity index (χ1v) is 8.82. The molecule has 1 atom stereocenters. The van der Waals surface area contributed by atoms with Crippen LogP contribution in [0.1, 0.15) is 42.5 Å². The molecular formula is C18H24N2S. The highest BCUT2D eigenvalue weighted by molar-refractivity contribution is 7.07. The fourth-order valence-electron chi connectivity index (χ4n) is 3.12. The molecule has 0 amide bonds. The first kappa shape index (κ1) is 14.8. The minimum atomic E-state index is 0.341. The van der Waals surface area contributed by atoms with E-state index in [1.54, 1.807) is 11.3 Å². The van der Waals surface area contributed by atoms with Crippen molar-refractivity contribution < 1.29 is 0 Å². The van der Waals surface area contributed by atoms with E-state index in [9.17, 15) is 0 Å². The van der Waals surface area contributed by atoms with Crippen molar-refractivity contribution in [1.29, 1.82) is 0 Å². The Balaban J connectivity index is 1.88. The molecule has 3 rings (SSSR count). The van der Waals surface area contributed by atoms with Gasteiger partial charge in [0.05, 0.1) is 0 Å². The molecule has 0 radical (unpaired) electrons. The Hall–Kier alpha value is -1.16. The van der Waals surface area contributed by atoms with E-state index < -0.39 is 0 Å². The molecule has 112 valence electrons. The van der Waals surface area contributed by atoms with Crippen molar-refractivity contribution in [3.05, 3.63) is 57.8 Å². The lowest BCUT2D eigenvalue weighted by molar-refractivity contribution is 0.181. The average molecular weight is 300 g/mol. The van der Waals surface area contributed by atoms with Gasteiger partial charge in [-0.3, -0.25) is 4.90 Å². The summed E-state index contributed by atoms with van der Waals surface area (Å²) in [6.07, 6.45) is 3.70. The molecular weight excluding hydrogens is 276 g/mol. The average Bonchev–Trinajstić information content (AvgIpc) is 3.24. The van der Waals surface area contributed by atoms with Gasteiger partial charge in [-0.05, 0) is 52.8 Å². The Morgan fingerprint density at radius 1 is 1.29 bits per heavy atom. The SMILES string of the molecule is CCc1ccccc1C(CN)N(Cc1ccsc1)C1CC1. The zero-order valence-electron chi connectivity index (χ0n) is 12.7. The highest BCUT2D eigenvalue weighted by Gasteiger charge is 2.34. The van der Waals surface area contributed by atoms with E-state index in [-0.39, 0.29) is 0 Å². The van der Waals surface area contributed by atoms with Gasteiger partial charge in [0.1, 0.15) is 0 Å². The number of hydrogen-bond acceptors (Lipinski definition) is 3. The van der Waals surface area contributed by atoms with Crippen molar-refractivity contribution >= 4 is 11.3 Å². The molecule has 1 saturated carbocycles. The predicted octanol–water partition coefficient (Wildman–Crippen LogP) is 3.97. The standard InChI is InChI=1S/C18H24N2S/c1-2-15-5-3-4-6-17(15)18(11-19)20(16-7-8-16)12-14-9-10-21-13-14/h3-6,9-10,13,16,18H,2,7-8,11-12,19H2,1H3. The second-order valence-electron chi connectivity index (χ2n) is 5.84. The maximum absolute atomic E-state index is 6.18. The molecule has 2 aromatic rings. The molecule has 1 aliphatic rings. The lowest BCUT2D eigenvalue weighted by Crippen LogP contribution is -2.35. The van der Waals surface area contributed by atoms with Gasteiger partial charge in [-0.25, -0.2) is 0 Å². The Kier molecular flexibility index (Phi) is 4.73. The van der Waals surface area contributed by atoms with Crippen LogP contribution in [0.3, 0.4) is 0 Å². The molecule has 0 bridgehead atoms. The van der Waals surface area contributed by atoms with E-state index in [0.29, 0.717) is 18.6 Å². The first-order valence-electron chi connectivity index (χ1n) is 7.88. The van der Waals surface area contributed by atoms with Crippen molar-refractivity contribution in [1.82, 2.24) is 4.90 Å². The zero-order chi connectivity index (χ0) is 14.7. The molecule has 0 spiro atoms. The van der Waals surface area contributed by atoms with E-state index in [2.05, 4.69) is 52.9 Å². The van der Waals surface area contributed by atoms with Gasteiger partial charge in [-0.2, -0.15) is 11.3 Å². The molecule has 1 aromatic heterocycles. The van der Waals surface area contributed by atoms with Crippen molar-refractivity contribution in [2.45, 2.75) is 44.8 Å². The molecule has 1 fully saturated rings. The fraction of sp³-hybridized carbons (Fsp3) is 0.444. The van der Waals surface area contributed by atoms with Crippen LogP contribution >= 0.6 is 11.3 Å². The van der Waals surface area contributed by atoms with E-state index in [0.717, 1.165) is 13.0 Å². The number of nitrogens with two attached hydrogens (primary N) is 1. The Morgan fingerprint density at radius 2 is 2.10 bits per heavy atom. The lowest BCUT2D eigenvalue weighted by Gasteiger charge is -2.32. The fourth-order valence-corrected chi connectivity index (χ4v) is 3.78. The first-order chi connectivity index (χ1) is 10.3. The summed E-state index contributed by atoms with van der Waals surface area (Å²) in [4.78, 5) is 2.62. The Bertz CT molecular complexity index is 560. The van der Waals surface area contributed by atoms with Crippen LogP contribution in [0.15, 0.2) is 41.1 Å². The van der Waals surface area contributed by atoms with Crippen LogP contribution in [0.25, 0.3) is 0 Å². The highest BCUT2D eigenvalue weighted by Crippen LogP contribution is 2.36. The lowest BCUT2D eigenvalue weighted by atomic mass is 9.97. The predicted molar refractivity (Wildman–Crippen MR) is 90.5 cm³/mol. The van der Waals surface area contributed by atoms with Gasteiger partial charge in [0.25, 0.3) is 0 Å². The molecule has 1 aromatic carbocycles. The van der Waals surface area contributed by atoms with Gasteiger partial charge in [0.15, 0.2) is 0 Å². The summed E-state index contributed by atoms with van der Waals surface area (Å²) < 4.78 is 0. The maximum Gasteiger partial charge on any atom is 0.0479 e. The van der Waals surface area contributed by atoms with Gasteiger partial charge in [-0.15, -0.1) is 0 Å². The Morgan fingerprint density at radius 3 is 2.71 bits per heavy atom. The summed E-state index contributed by atoms with van der Waals surface area (Å²) >= 11 is 1.78. The number of aryl methyl sites for hydroxylation is 1. The summed E-state index contributed by atoms with van der Waals surface area (Å²) in [7, 11) is 0. The second-order valence-corrected chi connectivity index (χ2v) is 6.62. The summed E-state index contributed by atoms with van der Waals surface area (Å²) in [6.45, 7) is 3.94. The van der Waals surface area contributed by atoms with Gasteiger partial charge >= 0.3 is 0 Å². The van der Waals surface area contributed by atoms with Crippen LogP contribution in [-0.2, 0) is 13.0 Å². The molecule has 21 heavy (non-hydrogen) atoms. The third-order valence-corrected chi connectivity index (χ3v) is 5.11. The molecule has 1 heterocycles. The monoisotopic (exact) mass is 300 g/mol.